The van der Waals surface area contributed by atoms with Crippen LogP contribution in [0.4, 0.5) is 0 Å². The van der Waals surface area contributed by atoms with Crippen LogP contribution in [0.1, 0.15) is 55.4 Å². The minimum Gasteiger partial charge on any atom is -0.356 e. The molecule has 3 heterocycles. The summed E-state index contributed by atoms with van der Waals surface area (Å²) in [7, 11) is 0. The molecule has 3 aliphatic rings. The Morgan fingerprint density at radius 2 is 2.12 bits per heavy atom. The van der Waals surface area contributed by atoms with E-state index in [0.717, 1.165) is 36.6 Å². The summed E-state index contributed by atoms with van der Waals surface area (Å²) < 4.78 is 0. The zero-order valence-corrected chi connectivity index (χ0v) is 19.7. The van der Waals surface area contributed by atoms with Gasteiger partial charge in [-0.25, -0.2) is 0 Å². The summed E-state index contributed by atoms with van der Waals surface area (Å²) in [6.45, 7) is 1.18. The topological polar surface area (TPSA) is 118 Å². The zero-order valence-electron chi connectivity index (χ0n) is 18.9. The number of aromatic nitrogens is 1. The molecule has 3 amide bonds. The van der Waals surface area contributed by atoms with Crippen LogP contribution in [0.25, 0.3) is 10.9 Å². The van der Waals surface area contributed by atoms with Crippen LogP contribution in [0.5, 0.6) is 0 Å². The average Bonchev–Trinajstić information content (AvgIpc) is 3.41. The first-order chi connectivity index (χ1) is 16.4. The summed E-state index contributed by atoms with van der Waals surface area (Å²) in [4.78, 5) is 43.8. The van der Waals surface area contributed by atoms with Gasteiger partial charge in [-0.3, -0.25) is 14.4 Å². The maximum absolute atomic E-state index is 13.5. The van der Waals surface area contributed by atoms with E-state index in [1.54, 1.807) is 23.1 Å². The fraction of sp³-hybridized carbons (Fsp3) is 0.520. The molecule has 2 unspecified atom stereocenters. The lowest BCUT2D eigenvalue weighted by molar-refractivity contribution is -0.128. The predicted molar refractivity (Wildman–Crippen MR) is 127 cm³/mol. The number of hydrogen-bond donors (Lipinski definition) is 3. The van der Waals surface area contributed by atoms with Gasteiger partial charge in [0.05, 0.1) is 6.07 Å². The zero-order chi connectivity index (χ0) is 23.9. The van der Waals surface area contributed by atoms with Gasteiger partial charge in [0, 0.05) is 34.9 Å². The monoisotopic (exact) mass is 481 g/mol. The van der Waals surface area contributed by atoms with E-state index in [4.69, 9.17) is 11.6 Å². The number of carbonyl (C=O) groups excluding carboxylic acids is 3. The number of amides is 3. The molecule has 1 saturated carbocycles. The first-order valence-corrected chi connectivity index (χ1v) is 12.3. The second-order valence-corrected chi connectivity index (χ2v) is 10.4. The largest absolute Gasteiger partial charge is 0.356 e. The van der Waals surface area contributed by atoms with E-state index < -0.39 is 12.1 Å². The molecule has 9 heteroatoms. The number of nitriles is 1. The van der Waals surface area contributed by atoms with Crippen LogP contribution >= 0.6 is 11.6 Å². The molecule has 178 valence electrons. The van der Waals surface area contributed by atoms with Crippen molar-refractivity contribution in [2.75, 3.05) is 13.1 Å². The highest BCUT2D eigenvalue weighted by Gasteiger charge is 2.52. The van der Waals surface area contributed by atoms with Crippen molar-refractivity contribution in [3.63, 3.8) is 0 Å². The Balaban J connectivity index is 1.33. The molecule has 0 radical (unpaired) electrons. The number of piperidine rings is 1. The van der Waals surface area contributed by atoms with E-state index in [2.05, 4.69) is 21.7 Å². The van der Waals surface area contributed by atoms with Crippen molar-refractivity contribution in [1.82, 2.24) is 20.5 Å². The number of fused-ring (bicyclic) bond motifs is 1. The predicted octanol–water partition coefficient (Wildman–Crippen LogP) is 3.13. The summed E-state index contributed by atoms with van der Waals surface area (Å²) in [6, 6.07) is 7.91. The molecule has 1 aromatic carbocycles. The minimum absolute atomic E-state index is 0.0294. The molecule has 3 fully saturated rings. The van der Waals surface area contributed by atoms with E-state index in [-0.39, 0.29) is 35.5 Å². The maximum atomic E-state index is 13.5. The molecule has 1 aliphatic carbocycles. The summed E-state index contributed by atoms with van der Waals surface area (Å²) in [6.07, 6.45) is 5.53. The van der Waals surface area contributed by atoms with Gasteiger partial charge in [0.25, 0.3) is 5.91 Å². The highest BCUT2D eigenvalue weighted by Crippen LogP contribution is 2.50. The molecule has 3 N–H and O–H groups in total. The number of likely N-dealkylation sites (tertiary alicyclic amines) is 1. The highest BCUT2D eigenvalue weighted by atomic mass is 35.5. The van der Waals surface area contributed by atoms with Gasteiger partial charge in [0.1, 0.15) is 17.8 Å². The Labute approximate surface area is 203 Å². The molecule has 5 rings (SSSR count). The second kappa shape index (κ2) is 8.95. The number of rotatable bonds is 5. The lowest BCUT2D eigenvalue weighted by Crippen LogP contribution is -2.49. The molecule has 2 saturated heterocycles. The van der Waals surface area contributed by atoms with E-state index >= 15 is 0 Å². The third-order valence-corrected chi connectivity index (χ3v) is 7.93. The van der Waals surface area contributed by atoms with E-state index in [1.807, 2.05) is 6.07 Å². The van der Waals surface area contributed by atoms with E-state index in [0.29, 0.717) is 36.6 Å². The fourth-order valence-corrected chi connectivity index (χ4v) is 5.84. The first kappa shape index (κ1) is 22.7. The highest BCUT2D eigenvalue weighted by molar-refractivity contribution is 6.31. The standard InChI is InChI=1S/C25H28ClN5O3/c26-17-5-4-15-10-20(30-19(15)11-17)24(34)31-14-25(6-2-7-25)12-21(31)23(33)29-18(13-27)9-16-3-1-8-28-22(16)32/h4-5,10-11,16,18,21,30H,1-3,6-9,12,14H2,(H,28,32)(H,29,33)/t16-,18?,21?/m0/s1. The summed E-state index contributed by atoms with van der Waals surface area (Å²) in [5, 5.41) is 16.8. The quantitative estimate of drug-likeness (QED) is 0.607. The molecule has 2 aliphatic heterocycles. The van der Waals surface area contributed by atoms with Crippen LogP contribution in [0.2, 0.25) is 5.02 Å². The van der Waals surface area contributed by atoms with Gasteiger partial charge in [0.2, 0.25) is 11.8 Å². The Morgan fingerprint density at radius 3 is 2.82 bits per heavy atom. The van der Waals surface area contributed by atoms with Crippen molar-refractivity contribution >= 4 is 40.2 Å². The first-order valence-electron chi connectivity index (χ1n) is 11.9. The molecule has 1 aromatic heterocycles. The van der Waals surface area contributed by atoms with E-state index in [9.17, 15) is 19.6 Å². The van der Waals surface area contributed by atoms with Crippen molar-refractivity contribution < 1.29 is 14.4 Å². The lowest BCUT2D eigenvalue weighted by Gasteiger charge is -2.37. The number of benzene rings is 1. The summed E-state index contributed by atoms with van der Waals surface area (Å²) in [5.41, 5.74) is 1.16. The van der Waals surface area contributed by atoms with Gasteiger partial charge in [-0.05, 0) is 62.1 Å². The Morgan fingerprint density at radius 1 is 1.29 bits per heavy atom. The fourth-order valence-electron chi connectivity index (χ4n) is 5.67. The third-order valence-electron chi connectivity index (χ3n) is 7.69. The maximum Gasteiger partial charge on any atom is 0.271 e. The van der Waals surface area contributed by atoms with Crippen LogP contribution < -0.4 is 10.6 Å². The van der Waals surface area contributed by atoms with Gasteiger partial charge in [-0.1, -0.05) is 24.1 Å². The number of aromatic amines is 1. The molecule has 3 atom stereocenters. The van der Waals surface area contributed by atoms with Crippen LogP contribution in [-0.4, -0.2) is 52.8 Å². The van der Waals surface area contributed by atoms with Crippen molar-refractivity contribution in [2.45, 2.75) is 57.0 Å². The molecule has 8 nitrogen and oxygen atoms in total. The van der Waals surface area contributed by atoms with Crippen molar-refractivity contribution in [3.8, 4) is 6.07 Å². The second-order valence-electron chi connectivity index (χ2n) is 9.98. The molecular weight excluding hydrogens is 454 g/mol. The Hall–Kier alpha value is -3.05. The average molecular weight is 482 g/mol. The number of hydrogen-bond acceptors (Lipinski definition) is 4. The summed E-state index contributed by atoms with van der Waals surface area (Å²) in [5.74, 6) is -0.891. The van der Waals surface area contributed by atoms with Gasteiger partial charge < -0.3 is 20.5 Å². The molecule has 34 heavy (non-hydrogen) atoms. The number of carbonyl (C=O) groups is 3. The van der Waals surface area contributed by atoms with Gasteiger partial charge >= 0.3 is 0 Å². The smallest absolute Gasteiger partial charge is 0.271 e. The van der Waals surface area contributed by atoms with Crippen molar-refractivity contribution in [2.24, 2.45) is 11.3 Å². The SMILES string of the molecule is N#CC(C[C@@H]1CCCNC1=O)NC(=O)C1CC2(CCC2)CN1C(=O)c1cc2ccc(Cl)cc2[nH]1. The van der Waals surface area contributed by atoms with Gasteiger partial charge in [-0.15, -0.1) is 0 Å². The van der Waals surface area contributed by atoms with Crippen molar-refractivity contribution in [1.29, 1.82) is 5.26 Å². The summed E-state index contributed by atoms with van der Waals surface area (Å²) >= 11 is 6.08. The molecule has 0 bridgehead atoms. The van der Waals surface area contributed by atoms with Crippen LogP contribution in [0.15, 0.2) is 24.3 Å². The normalized spacial score (nSPS) is 24.4. The number of H-pyrrole nitrogens is 1. The molecule has 1 spiro atoms. The lowest BCUT2D eigenvalue weighted by atomic mass is 9.67. The van der Waals surface area contributed by atoms with E-state index in [1.165, 1.54) is 0 Å². The Kier molecular flexibility index (Phi) is 5.98. The third kappa shape index (κ3) is 4.25. The Bertz CT molecular complexity index is 1180. The number of nitrogens with zero attached hydrogens (tertiary/aromatic N) is 2. The molecule has 2 aromatic rings. The van der Waals surface area contributed by atoms with Gasteiger partial charge in [0.15, 0.2) is 0 Å². The van der Waals surface area contributed by atoms with Crippen LogP contribution in [0, 0.1) is 22.7 Å². The molecular formula is C25H28ClN5O3. The van der Waals surface area contributed by atoms with Crippen LogP contribution in [0.3, 0.4) is 0 Å². The minimum atomic E-state index is -0.772. The number of halogens is 1. The van der Waals surface area contributed by atoms with Gasteiger partial charge in [-0.2, -0.15) is 5.26 Å². The number of nitrogens with one attached hydrogen (secondary N) is 3. The van der Waals surface area contributed by atoms with Crippen molar-refractivity contribution in [3.05, 3.63) is 35.0 Å². The van der Waals surface area contributed by atoms with Crippen LogP contribution in [-0.2, 0) is 9.59 Å².